The minimum Gasteiger partial charge on any atom is -0.310 e. The predicted octanol–water partition coefficient (Wildman–Crippen LogP) is 25.4. The first-order valence-corrected chi connectivity index (χ1v) is 31.7. The first-order valence-electron chi connectivity index (χ1n) is 31.7. The summed E-state index contributed by atoms with van der Waals surface area (Å²) < 4.78 is 0. The van der Waals surface area contributed by atoms with Gasteiger partial charge in [-0.2, -0.15) is 0 Å². The van der Waals surface area contributed by atoms with E-state index in [-0.39, 0.29) is 21.7 Å². The van der Waals surface area contributed by atoms with Gasteiger partial charge in [0.15, 0.2) is 0 Å². The molecule has 0 unspecified atom stereocenters. The summed E-state index contributed by atoms with van der Waals surface area (Å²) in [5, 5.41) is 7.19. The largest absolute Gasteiger partial charge is 0.310 e. The highest BCUT2D eigenvalue weighted by atomic mass is 15.2. The summed E-state index contributed by atoms with van der Waals surface area (Å²) in [5.74, 6) is 0. The number of aryl methyl sites for hydroxylation is 4. The highest BCUT2D eigenvalue weighted by molar-refractivity contribution is 6.24. The standard InChI is InChI=1S/C86H86N2/c1-57-31-49-79(59(3)51-57)87(67-45-37-63(38-46-67)71-25-17-15-23-69(71)61-33-41-65(42-34-61)85(11,12)55-83(5,6)7)81-53-77-74-28-20-22-30-76(74)82(54-78(77)73-27-19-21-29-75(73)81)88(80-50-32-58(2)52-60(80)4)68-47-39-64(40-48-68)72-26-18-16-24-70(72)62-35-43-66(44-36-62)86(13,14)56-84(8,9)10/h15-54H,55-56H2,1-14H3. The van der Waals surface area contributed by atoms with Gasteiger partial charge in [0.25, 0.3) is 0 Å². The van der Waals surface area contributed by atoms with Crippen LogP contribution in [0.2, 0.25) is 0 Å². The first kappa shape index (κ1) is 59.4. The Bertz CT molecular complexity index is 4230. The molecule has 0 amide bonds. The van der Waals surface area contributed by atoms with Crippen LogP contribution in [-0.2, 0) is 10.8 Å². The lowest BCUT2D eigenvalue weighted by atomic mass is 9.72. The molecule has 0 aliphatic carbocycles. The molecule has 0 aliphatic rings. The molecule has 12 aromatic carbocycles. The monoisotopic (exact) mass is 1150 g/mol. The summed E-state index contributed by atoms with van der Waals surface area (Å²) >= 11 is 0. The second-order valence-electron chi connectivity index (χ2n) is 28.8. The van der Waals surface area contributed by atoms with Gasteiger partial charge in [0.05, 0.1) is 11.4 Å². The highest BCUT2D eigenvalue weighted by Gasteiger charge is 2.30. The zero-order valence-corrected chi connectivity index (χ0v) is 54.4. The molecule has 0 aliphatic heterocycles. The van der Waals surface area contributed by atoms with Crippen molar-refractivity contribution >= 4 is 66.4 Å². The van der Waals surface area contributed by atoms with E-state index >= 15 is 0 Å². The summed E-state index contributed by atoms with van der Waals surface area (Å²) in [6.45, 7) is 32.4. The van der Waals surface area contributed by atoms with Gasteiger partial charge in [-0.15, -0.1) is 0 Å². The normalized spacial score (nSPS) is 12.3. The molecule has 2 nitrogen and oxygen atoms in total. The molecule has 0 heterocycles. The fourth-order valence-corrected chi connectivity index (χ4v) is 14.8. The van der Waals surface area contributed by atoms with Crippen molar-refractivity contribution < 1.29 is 0 Å². The van der Waals surface area contributed by atoms with E-state index in [1.165, 1.54) is 110 Å². The van der Waals surface area contributed by atoms with Crippen LogP contribution in [0.3, 0.4) is 0 Å². The van der Waals surface area contributed by atoms with Gasteiger partial charge in [-0.3, -0.25) is 0 Å². The zero-order chi connectivity index (χ0) is 61.9. The molecule has 12 aromatic rings. The summed E-state index contributed by atoms with van der Waals surface area (Å²) in [7, 11) is 0. The molecule has 0 saturated carbocycles. The second kappa shape index (κ2) is 23.3. The first-order chi connectivity index (χ1) is 42.0. The van der Waals surface area contributed by atoms with Crippen molar-refractivity contribution in [3.8, 4) is 44.5 Å². The van der Waals surface area contributed by atoms with E-state index in [4.69, 9.17) is 0 Å². The Morgan fingerprint density at radius 2 is 0.545 bits per heavy atom. The third-order valence-corrected chi connectivity index (χ3v) is 18.1. The average Bonchev–Trinajstić information content (AvgIpc) is 0.807. The van der Waals surface area contributed by atoms with Crippen molar-refractivity contribution in [2.24, 2.45) is 10.8 Å². The maximum atomic E-state index is 2.50. The van der Waals surface area contributed by atoms with Gasteiger partial charge in [0.1, 0.15) is 0 Å². The number of nitrogens with zero attached hydrogens (tertiary/aromatic N) is 2. The number of rotatable bonds is 14. The SMILES string of the molecule is Cc1ccc(N(c2ccc(-c3ccccc3-c3ccc(C(C)(C)CC(C)(C)C)cc3)cc2)c2cc3c4ccccc4c(N(c4ccc(-c5ccccc5-c5ccc(C(C)(C)CC(C)(C)C)cc5)cc4)c4ccc(C)cc4C)cc3c3ccccc23)c(C)c1. The molecule has 0 radical (unpaired) electrons. The van der Waals surface area contributed by atoms with Crippen molar-refractivity contribution in [2.45, 2.75) is 121 Å². The van der Waals surface area contributed by atoms with E-state index in [1.807, 2.05) is 0 Å². The number of hydrogen-bond acceptors (Lipinski definition) is 2. The van der Waals surface area contributed by atoms with Crippen molar-refractivity contribution in [1.29, 1.82) is 0 Å². The van der Waals surface area contributed by atoms with Gasteiger partial charge in [-0.25, -0.2) is 0 Å². The molecule has 440 valence electrons. The third kappa shape index (κ3) is 11.9. The molecule has 12 rings (SSSR count). The molecular weight excluding hydrogens is 1060 g/mol. The van der Waals surface area contributed by atoms with Crippen LogP contribution in [0.4, 0.5) is 34.1 Å². The molecule has 0 fully saturated rings. The Morgan fingerprint density at radius 3 is 0.841 bits per heavy atom. The quantitative estimate of drug-likeness (QED) is 0.100. The Balaban J connectivity index is 0.969. The molecule has 0 atom stereocenters. The number of hydrogen-bond donors (Lipinski definition) is 0. The molecular formula is C86H86N2. The van der Waals surface area contributed by atoms with Crippen molar-refractivity contribution in [3.63, 3.8) is 0 Å². The fraction of sp³-hybridized carbons (Fsp3) is 0.233. The van der Waals surface area contributed by atoms with Crippen LogP contribution < -0.4 is 9.80 Å². The van der Waals surface area contributed by atoms with Gasteiger partial charge in [-0.05, 0) is 199 Å². The van der Waals surface area contributed by atoms with Crippen LogP contribution in [-0.4, -0.2) is 0 Å². The predicted molar refractivity (Wildman–Crippen MR) is 383 cm³/mol. The van der Waals surface area contributed by atoms with Crippen molar-refractivity contribution in [3.05, 3.63) is 276 Å². The van der Waals surface area contributed by atoms with E-state index in [0.717, 1.165) is 47.0 Å². The topological polar surface area (TPSA) is 6.48 Å². The number of fused-ring (bicyclic) bond motifs is 5. The number of anilines is 6. The molecule has 0 N–H and O–H groups in total. The molecule has 0 saturated heterocycles. The van der Waals surface area contributed by atoms with Crippen LogP contribution >= 0.6 is 0 Å². The van der Waals surface area contributed by atoms with Crippen molar-refractivity contribution in [2.75, 3.05) is 9.80 Å². The highest BCUT2D eigenvalue weighted by Crippen LogP contribution is 2.50. The Hall–Kier alpha value is -8.98. The van der Waals surface area contributed by atoms with E-state index in [9.17, 15) is 0 Å². The van der Waals surface area contributed by atoms with E-state index in [2.05, 4.69) is 349 Å². The van der Waals surface area contributed by atoms with Crippen LogP contribution in [0.5, 0.6) is 0 Å². The summed E-state index contributed by atoms with van der Waals surface area (Å²) in [6, 6.07) is 91.7. The Morgan fingerprint density at radius 1 is 0.261 bits per heavy atom. The number of benzene rings is 12. The van der Waals surface area contributed by atoms with Crippen LogP contribution in [0.25, 0.3) is 76.8 Å². The minimum atomic E-state index is 0.0738. The lowest BCUT2D eigenvalue weighted by molar-refractivity contribution is 0.283. The van der Waals surface area contributed by atoms with Crippen LogP contribution in [0.1, 0.15) is 115 Å². The van der Waals surface area contributed by atoms with E-state index in [1.54, 1.807) is 0 Å². The molecule has 0 bridgehead atoms. The van der Waals surface area contributed by atoms with Crippen LogP contribution in [0, 0.1) is 38.5 Å². The lowest BCUT2D eigenvalue weighted by Crippen LogP contribution is -2.24. The summed E-state index contributed by atoms with van der Waals surface area (Å²) in [5.41, 5.74) is 24.8. The Kier molecular flexibility index (Phi) is 15.7. The summed E-state index contributed by atoms with van der Waals surface area (Å²) in [4.78, 5) is 5.00. The lowest BCUT2D eigenvalue weighted by Gasteiger charge is -2.33. The minimum absolute atomic E-state index is 0.0738. The summed E-state index contributed by atoms with van der Waals surface area (Å²) in [6.07, 6.45) is 2.23. The third-order valence-electron chi connectivity index (χ3n) is 18.1. The van der Waals surface area contributed by atoms with Gasteiger partial charge in [-0.1, -0.05) is 274 Å². The van der Waals surface area contributed by atoms with Gasteiger partial charge < -0.3 is 9.80 Å². The van der Waals surface area contributed by atoms with E-state index < -0.39 is 0 Å². The van der Waals surface area contributed by atoms with Crippen LogP contribution in [0.15, 0.2) is 243 Å². The average molecular weight is 1150 g/mol. The molecule has 0 aromatic heterocycles. The fourth-order valence-electron chi connectivity index (χ4n) is 14.8. The van der Waals surface area contributed by atoms with Crippen molar-refractivity contribution in [1.82, 2.24) is 0 Å². The Labute approximate surface area is 525 Å². The van der Waals surface area contributed by atoms with E-state index in [0.29, 0.717) is 0 Å². The molecule has 88 heavy (non-hydrogen) atoms. The van der Waals surface area contributed by atoms with Gasteiger partial charge in [0, 0.05) is 33.5 Å². The zero-order valence-electron chi connectivity index (χ0n) is 54.4. The molecule has 2 heteroatoms. The smallest absolute Gasteiger partial charge is 0.0546 e. The van der Waals surface area contributed by atoms with Gasteiger partial charge in [0.2, 0.25) is 0 Å². The van der Waals surface area contributed by atoms with Gasteiger partial charge >= 0.3 is 0 Å². The second-order valence-corrected chi connectivity index (χ2v) is 28.8. The maximum absolute atomic E-state index is 2.50. The molecule has 0 spiro atoms. The maximum Gasteiger partial charge on any atom is 0.0546 e.